The van der Waals surface area contributed by atoms with E-state index in [1.54, 1.807) is 18.4 Å². The van der Waals surface area contributed by atoms with Crippen molar-refractivity contribution >= 4 is 27.3 Å². The Hall–Kier alpha value is -1.70. The number of thiophene rings is 1. The zero-order valence-corrected chi connectivity index (χ0v) is 13.5. The van der Waals surface area contributed by atoms with Crippen LogP contribution in [0, 0.1) is 0 Å². The van der Waals surface area contributed by atoms with Gasteiger partial charge in [-0.3, -0.25) is 0 Å². The van der Waals surface area contributed by atoms with Crippen molar-refractivity contribution in [3.63, 3.8) is 0 Å². The Kier molecular flexibility index (Phi) is 4.05. The summed E-state index contributed by atoms with van der Waals surface area (Å²) in [4.78, 5) is 5.36. The van der Waals surface area contributed by atoms with Crippen molar-refractivity contribution in [2.45, 2.75) is 6.04 Å². The number of rotatable bonds is 4. The number of aromatic nitrogens is 2. The number of halogens is 1. The lowest BCUT2D eigenvalue weighted by atomic mass is 10.2. The molecule has 7 heteroatoms. The second-order valence-corrected chi connectivity index (χ2v) is 6.13. The highest BCUT2D eigenvalue weighted by Crippen LogP contribution is 2.30. The van der Waals surface area contributed by atoms with Crippen molar-refractivity contribution in [1.29, 1.82) is 0 Å². The van der Waals surface area contributed by atoms with E-state index in [2.05, 4.69) is 26.1 Å². The molecule has 0 bridgehead atoms. The fourth-order valence-corrected chi connectivity index (χ4v) is 3.13. The quantitative estimate of drug-likeness (QED) is 0.764. The van der Waals surface area contributed by atoms with Crippen LogP contribution in [0.3, 0.4) is 0 Å². The molecule has 0 spiro atoms. The fraction of sp³-hybridized carbons (Fsp3) is 0.143. The summed E-state index contributed by atoms with van der Waals surface area (Å²) in [6.45, 7) is 0. The van der Waals surface area contributed by atoms with Crippen LogP contribution in [0.4, 0.5) is 0 Å². The minimum Gasteiger partial charge on any atom is -0.496 e. The van der Waals surface area contributed by atoms with Crippen LogP contribution in [0.1, 0.15) is 16.8 Å². The first kappa shape index (κ1) is 14.2. The highest BCUT2D eigenvalue weighted by atomic mass is 79.9. The summed E-state index contributed by atoms with van der Waals surface area (Å²) < 4.78 is 11.3. The first-order chi connectivity index (χ1) is 10.2. The molecule has 0 amide bonds. The third-order valence-corrected chi connectivity index (χ3v) is 4.54. The normalized spacial score (nSPS) is 12.3. The van der Waals surface area contributed by atoms with Crippen molar-refractivity contribution in [3.05, 3.63) is 51.0 Å². The second-order valence-electron chi connectivity index (χ2n) is 4.30. The molecule has 0 saturated heterocycles. The summed E-state index contributed by atoms with van der Waals surface area (Å²) in [5, 5.41) is 5.96. The number of hydrogen-bond donors (Lipinski definition) is 1. The molecule has 1 atom stereocenters. The Labute approximate surface area is 133 Å². The number of benzene rings is 1. The highest BCUT2D eigenvalue weighted by Gasteiger charge is 2.18. The van der Waals surface area contributed by atoms with Crippen molar-refractivity contribution in [3.8, 4) is 17.1 Å². The maximum absolute atomic E-state index is 6.11. The molecule has 0 fully saturated rings. The van der Waals surface area contributed by atoms with E-state index in [9.17, 15) is 0 Å². The van der Waals surface area contributed by atoms with Crippen LogP contribution < -0.4 is 10.5 Å². The SMILES string of the molecule is COc1ccc(-c2noc(C(N)c3cccs3)n2)cc1Br. The average Bonchev–Trinajstić information content (AvgIpc) is 3.18. The Morgan fingerprint density at radius 1 is 1.38 bits per heavy atom. The van der Waals surface area contributed by atoms with E-state index in [1.165, 1.54) is 0 Å². The van der Waals surface area contributed by atoms with Gasteiger partial charge in [-0.1, -0.05) is 11.2 Å². The first-order valence-corrected chi connectivity index (χ1v) is 7.83. The second kappa shape index (κ2) is 5.97. The van der Waals surface area contributed by atoms with E-state index in [4.69, 9.17) is 15.0 Å². The molecule has 108 valence electrons. The molecule has 1 unspecified atom stereocenters. The molecule has 5 nitrogen and oxygen atoms in total. The average molecular weight is 366 g/mol. The Morgan fingerprint density at radius 2 is 2.24 bits per heavy atom. The standard InChI is InChI=1S/C14H12BrN3O2S/c1-19-10-5-4-8(7-9(10)15)13-17-14(20-18-13)12(16)11-3-2-6-21-11/h2-7,12H,16H2,1H3. The van der Waals surface area contributed by atoms with Crippen LogP contribution >= 0.6 is 27.3 Å². The van der Waals surface area contributed by atoms with Gasteiger partial charge in [0, 0.05) is 10.4 Å². The first-order valence-electron chi connectivity index (χ1n) is 6.15. The van der Waals surface area contributed by atoms with Crippen LogP contribution in [0.5, 0.6) is 5.75 Å². The zero-order valence-electron chi connectivity index (χ0n) is 11.1. The van der Waals surface area contributed by atoms with Gasteiger partial charge in [-0.25, -0.2) is 0 Å². The summed E-state index contributed by atoms with van der Waals surface area (Å²) in [6.07, 6.45) is 0. The predicted octanol–water partition coefficient (Wildman–Crippen LogP) is 3.62. The van der Waals surface area contributed by atoms with Gasteiger partial charge in [0.1, 0.15) is 11.8 Å². The van der Waals surface area contributed by atoms with E-state index in [-0.39, 0.29) is 0 Å². The Morgan fingerprint density at radius 3 is 2.90 bits per heavy atom. The maximum Gasteiger partial charge on any atom is 0.249 e. The predicted molar refractivity (Wildman–Crippen MR) is 84.3 cm³/mol. The monoisotopic (exact) mass is 365 g/mol. The van der Waals surface area contributed by atoms with Crippen molar-refractivity contribution in [1.82, 2.24) is 10.1 Å². The number of hydrogen-bond acceptors (Lipinski definition) is 6. The van der Waals surface area contributed by atoms with Gasteiger partial charge in [0.2, 0.25) is 11.7 Å². The topological polar surface area (TPSA) is 74.2 Å². The Balaban J connectivity index is 1.89. The van der Waals surface area contributed by atoms with E-state index < -0.39 is 6.04 Å². The molecule has 0 saturated carbocycles. The van der Waals surface area contributed by atoms with E-state index >= 15 is 0 Å². The van der Waals surface area contributed by atoms with E-state index in [0.717, 1.165) is 20.7 Å². The van der Waals surface area contributed by atoms with Crippen LogP contribution in [0.25, 0.3) is 11.4 Å². The van der Waals surface area contributed by atoms with Crippen LogP contribution in [0.2, 0.25) is 0 Å². The van der Waals surface area contributed by atoms with Gasteiger partial charge < -0.3 is 15.0 Å². The third kappa shape index (κ3) is 2.85. The molecular weight excluding hydrogens is 354 g/mol. The summed E-state index contributed by atoms with van der Waals surface area (Å²) in [5.74, 6) is 1.65. The van der Waals surface area contributed by atoms with Crippen molar-refractivity contribution in [2.75, 3.05) is 7.11 Å². The van der Waals surface area contributed by atoms with Crippen molar-refractivity contribution < 1.29 is 9.26 Å². The minimum atomic E-state index is -0.395. The highest BCUT2D eigenvalue weighted by molar-refractivity contribution is 9.10. The van der Waals surface area contributed by atoms with Gasteiger partial charge in [-0.15, -0.1) is 11.3 Å². The van der Waals surface area contributed by atoms with E-state index in [0.29, 0.717) is 11.7 Å². The van der Waals surface area contributed by atoms with Crippen LogP contribution in [-0.2, 0) is 0 Å². The lowest BCUT2D eigenvalue weighted by Gasteiger charge is -2.03. The molecule has 0 radical (unpaired) electrons. The van der Waals surface area contributed by atoms with Gasteiger partial charge in [0.15, 0.2) is 0 Å². The number of nitrogens with zero attached hydrogens (tertiary/aromatic N) is 2. The smallest absolute Gasteiger partial charge is 0.249 e. The molecule has 21 heavy (non-hydrogen) atoms. The fourth-order valence-electron chi connectivity index (χ4n) is 1.87. The summed E-state index contributed by atoms with van der Waals surface area (Å²) in [6, 6.07) is 9.09. The molecular formula is C14H12BrN3O2S. The number of methoxy groups -OCH3 is 1. The van der Waals surface area contributed by atoms with Crippen LogP contribution in [0.15, 0.2) is 44.7 Å². The molecule has 1 aromatic carbocycles. The third-order valence-electron chi connectivity index (χ3n) is 2.97. The van der Waals surface area contributed by atoms with E-state index in [1.807, 2.05) is 35.7 Å². The number of ether oxygens (including phenoxy) is 1. The minimum absolute atomic E-state index is 0.395. The number of nitrogens with two attached hydrogens (primary N) is 1. The maximum atomic E-state index is 6.11. The summed E-state index contributed by atoms with van der Waals surface area (Å²) in [7, 11) is 1.62. The lowest BCUT2D eigenvalue weighted by molar-refractivity contribution is 0.368. The summed E-state index contributed by atoms with van der Waals surface area (Å²) in [5.41, 5.74) is 6.94. The Bertz CT molecular complexity index is 743. The molecule has 0 aliphatic carbocycles. The van der Waals surface area contributed by atoms with Gasteiger partial charge in [-0.2, -0.15) is 4.98 Å². The molecule has 2 N–H and O–H groups in total. The molecule has 2 heterocycles. The molecule has 3 rings (SSSR count). The van der Waals surface area contributed by atoms with Gasteiger partial charge in [-0.05, 0) is 45.6 Å². The van der Waals surface area contributed by atoms with Gasteiger partial charge in [0.25, 0.3) is 0 Å². The molecule has 2 aromatic heterocycles. The largest absolute Gasteiger partial charge is 0.496 e. The summed E-state index contributed by atoms with van der Waals surface area (Å²) >= 11 is 5.00. The van der Waals surface area contributed by atoms with Gasteiger partial charge in [0.05, 0.1) is 11.6 Å². The lowest BCUT2D eigenvalue weighted by Crippen LogP contribution is -2.10. The molecule has 0 aliphatic rings. The van der Waals surface area contributed by atoms with Crippen molar-refractivity contribution in [2.24, 2.45) is 5.73 Å². The molecule has 0 aliphatic heterocycles. The zero-order chi connectivity index (χ0) is 14.8. The molecule has 3 aromatic rings. The van der Waals surface area contributed by atoms with Gasteiger partial charge >= 0.3 is 0 Å². The van der Waals surface area contributed by atoms with Crippen LogP contribution in [-0.4, -0.2) is 17.3 Å².